The van der Waals surface area contributed by atoms with E-state index in [0.29, 0.717) is 21.9 Å². The van der Waals surface area contributed by atoms with E-state index < -0.39 is 0 Å². The predicted molar refractivity (Wildman–Crippen MR) is 160 cm³/mol. The van der Waals surface area contributed by atoms with Gasteiger partial charge in [-0.1, -0.05) is 55.8 Å². The monoisotopic (exact) mass is 578 g/mol. The number of imide groups is 1. The Morgan fingerprint density at radius 3 is 2.50 bits per heavy atom. The second kappa shape index (κ2) is 13.1. The molecule has 1 saturated heterocycles. The van der Waals surface area contributed by atoms with E-state index >= 15 is 0 Å². The van der Waals surface area contributed by atoms with Gasteiger partial charge >= 0.3 is 0 Å². The van der Waals surface area contributed by atoms with Gasteiger partial charge in [0.05, 0.1) is 16.5 Å². The van der Waals surface area contributed by atoms with Gasteiger partial charge in [-0.05, 0) is 90.2 Å². The zero-order chi connectivity index (χ0) is 28.8. The van der Waals surface area contributed by atoms with Gasteiger partial charge in [-0.25, -0.2) is 0 Å². The molecule has 3 amide bonds. The maximum absolute atomic E-state index is 13.0. The fourth-order valence-corrected chi connectivity index (χ4v) is 5.23. The molecule has 1 aliphatic heterocycles. The maximum Gasteiger partial charge on any atom is 0.293 e. The number of amides is 3. The number of aryl methyl sites for hydroxylation is 2. The fourth-order valence-electron chi connectivity index (χ4n) is 4.12. The van der Waals surface area contributed by atoms with Crippen LogP contribution in [0.25, 0.3) is 6.08 Å². The second-order valence-corrected chi connectivity index (χ2v) is 11.2. The van der Waals surface area contributed by atoms with Crippen LogP contribution in [-0.4, -0.2) is 41.7 Å². The molecule has 4 rings (SSSR count). The summed E-state index contributed by atoms with van der Waals surface area (Å²) in [5, 5.41) is 2.71. The lowest BCUT2D eigenvalue weighted by atomic mass is 10.0. The largest absolute Gasteiger partial charge is 0.491 e. The Kier molecular flexibility index (Phi) is 9.55. The topological polar surface area (TPSA) is 84.9 Å². The van der Waals surface area contributed by atoms with Crippen LogP contribution in [0.2, 0.25) is 5.02 Å². The number of benzene rings is 3. The fraction of sp³-hybridized carbons (Fsp3) is 0.258. The highest BCUT2D eigenvalue weighted by atomic mass is 35.5. The normalized spacial score (nSPS) is 14.2. The number of thioether (sulfide) groups is 1. The van der Waals surface area contributed by atoms with Crippen LogP contribution in [0.5, 0.6) is 11.5 Å². The van der Waals surface area contributed by atoms with E-state index in [1.165, 1.54) is 4.90 Å². The van der Waals surface area contributed by atoms with Gasteiger partial charge in [0.25, 0.3) is 17.1 Å². The van der Waals surface area contributed by atoms with Crippen molar-refractivity contribution in [3.8, 4) is 11.5 Å². The van der Waals surface area contributed by atoms with Crippen molar-refractivity contribution in [2.45, 2.75) is 33.6 Å². The van der Waals surface area contributed by atoms with Gasteiger partial charge in [-0.3, -0.25) is 19.3 Å². The van der Waals surface area contributed by atoms with E-state index in [2.05, 4.69) is 19.2 Å². The Labute approximate surface area is 243 Å². The van der Waals surface area contributed by atoms with E-state index in [4.69, 9.17) is 21.1 Å². The number of ether oxygens (including phenoxy) is 2. The quantitative estimate of drug-likeness (QED) is 0.256. The molecule has 1 fully saturated rings. The smallest absolute Gasteiger partial charge is 0.293 e. The molecule has 7 nitrogen and oxygen atoms in total. The van der Waals surface area contributed by atoms with Crippen LogP contribution < -0.4 is 14.8 Å². The summed E-state index contributed by atoms with van der Waals surface area (Å²) < 4.78 is 11.5. The summed E-state index contributed by atoms with van der Waals surface area (Å²) in [6.07, 6.45) is 1.61. The Morgan fingerprint density at radius 2 is 1.77 bits per heavy atom. The summed E-state index contributed by atoms with van der Waals surface area (Å²) in [4.78, 5) is 39.2. The van der Waals surface area contributed by atoms with E-state index in [1.807, 2.05) is 50.2 Å². The van der Waals surface area contributed by atoms with E-state index in [1.54, 1.807) is 30.3 Å². The zero-order valence-electron chi connectivity index (χ0n) is 22.8. The first kappa shape index (κ1) is 29.2. The summed E-state index contributed by atoms with van der Waals surface area (Å²) in [5.74, 6) is 0.694. The molecule has 3 aromatic rings. The molecular formula is C31H31ClN2O5S. The Morgan fingerprint density at radius 1 is 1.00 bits per heavy atom. The average molecular weight is 579 g/mol. The van der Waals surface area contributed by atoms with Gasteiger partial charge in [0.15, 0.2) is 6.61 Å². The third kappa shape index (κ3) is 7.46. The molecule has 0 bridgehead atoms. The molecule has 0 spiro atoms. The van der Waals surface area contributed by atoms with Crippen LogP contribution in [0, 0.1) is 13.8 Å². The van der Waals surface area contributed by atoms with E-state index in [9.17, 15) is 14.4 Å². The lowest BCUT2D eigenvalue weighted by molar-refractivity contribution is -0.123. The number of anilines is 1. The first-order valence-corrected chi connectivity index (χ1v) is 14.1. The van der Waals surface area contributed by atoms with Gasteiger partial charge in [0.1, 0.15) is 18.1 Å². The molecule has 1 N–H and O–H groups in total. The van der Waals surface area contributed by atoms with Gasteiger partial charge in [0.2, 0.25) is 0 Å². The minimum Gasteiger partial charge on any atom is -0.491 e. The van der Waals surface area contributed by atoms with Crippen LogP contribution in [0.4, 0.5) is 10.5 Å². The third-order valence-electron chi connectivity index (χ3n) is 6.15. The Bertz CT molecular complexity index is 1470. The molecule has 3 aromatic carbocycles. The Hall–Kier alpha value is -3.75. The molecule has 0 radical (unpaired) electrons. The van der Waals surface area contributed by atoms with E-state index in [-0.39, 0.29) is 47.8 Å². The standard InChI is InChI=1S/C31H31ClN2O5S/c1-19(2)24-10-8-21(4)15-27(24)38-13-12-34-30(36)28(40-31(34)37)17-22-9-11-26(25(32)16-22)39-18-29(35)33-23-7-5-6-20(3)14-23/h5-11,14-17,19H,12-13,18H2,1-4H3,(H,33,35)/b28-17-. The van der Waals surface area contributed by atoms with Crippen molar-refractivity contribution in [3.63, 3.8) is 0 Å². The van der Waals surface area contributed by atoms with Crippen LogP contribution in [0.1, 0.15) is 42.0 Å². The number of nitrogens with one attached hydrogen (secondary N) is 1. The van der Waals surface area contributed by atoms with Crippen molar-refractivity contribution in [3.05, 3.63) is 92.8 Å². The van der Waals surface area contributed by atoms with Gasteiger partial charge < -0.3 is 14.8 Å². The lowest BCUT2D eigenvalue weighted by Gasteiger charge is -2.17. The van der Waals surface area contributed by atoms with Crippen LogP contribution in [-0.2, 0) is 9.59 Å². The summed E-state index contributed by atoms with van der Waals surface area (Å²) >= 11 is 7.25. The molecule has 0 atom stereocenters. The molecule has 1 aliphatic rings. The number of hydrogen-bond donors (Lipinski definition) is 1. The van der Waals surface area contributed by atoms with Crippen molar-refractivity contribution in [2.75, 3.05) is 25.1 Å². The lowest BCUT2D eigenvalue weighted by Crippen LogP contribution is -2.32. The summed E-state index contributed by atoms with van der Waals surface area (Å²) in [7, 11) is 0. The molecule has 0 saturated carbocycles. The number of nitrogens with zero attached hydrogens (tertiary/aromatic N) is 1. The summed E-state index contributed by atoms with van der Waals surface area (Å²) in [6, 6.07) is 18.5. The highest BCUT2D eigenvalue weighted by molar-refractivity contribution is 8.18. The first-order valence-electron chi connectivity index (χ1n) is 12.9. The third-order valence-corrected chi connectivity index (χ3v) is 7.35. The molecule has 208 valence electrons. The molecule has 0 aromatic heterocycles. The highest BCUT2D eigenvalue weighted by Gasteiger charge is 2.34. The minimum atomic E-state index is -0.379. The summed E-state index contributed by atoms with van der Waals surface area (Å²) in [5.41, 5.74) is 4.51. The SMILES string of the molecule is Cc1cccc(NC(=O)COc2ccc(/C=C3\SC(=O)N(CCOc4cc(C)ccc4C(C)C)C3=O)cc2Cl)c1. The average Bonchev–Trinajstić information content (AvgIpc) is 3.15. The molecule has 9 heteroatoms. The number of carbonyl (C=O) groups excluding carboxylic acids is 3. The second-order valence-electron chi connectivity index (χ2n) is 9.77. The van der Waals surface area contributed by atoms with Gasteiger partial charge in [-0.2, -0.15) is 0 Å². The molecule has 0 unspecified atom stereocenters. The van der Waals surface area contributed by atoms with Crippen LogP contribution in [0.3, 0.4) is 0 Å². The molecule has 40 heavy (non-hydrogen) atoms. The summed E-state index contributed by atoms with van der Waals surface area (Å²) in [6.45, 7) is 8.24. The van der Waals surface area contributed by atoms with E-state index in [0.717, 1.165) is 34.2 Å². The highest BCUT2D eigenvalue weighted by Crippen LogP contribution is 2.34. The zero-order valence-corrected chi connectivity index (χ0v) is 24.4. The van der Waals surface area contributed by atoms with Gasteiger partial charge in [0, 0.05) is 5.69 Å². The Balaban J connectivity index is 1.33. The number of hydrogen-bond acceptors (Lipinski definition) is 6. The van der Waals surface area contributed by atoms with Crippen molar-refractivity contribution < 1.29 is 23.9 Å². The van der Waals surface area contributed by atoms with Crippen molar-refractivity contribution in [2.24, 2.45) is 0 Å². The maximum atomic E-state index is 13.0. The minimum absolute atomic E-state index is 0.144. The number of rotatable bonds is 10. The van der Waals surface area contributed by atoms with Crippen molar-refractivity contribution in [1.29, 1.82) is 0 Å². The van der Waals surface area contributed by atoms with Gasteiger partial charge in [-0.15, -0.1) is 0 Å². The van der Waals surface area contributed by atoms with Crippen molar-refractivity contribution >= 4 is 52.2 Å². The predicted octanol–water partition coefficient (Wildman–Crippen LogP) is 7.21. The molecule has 0 aliphatic carbocycles. The van der Waals surface area contributed by atoms with Crippen LogP contribution >= 0.6 is 23.4 Å². The molecular weight excluding hydrogens is 548 g/mol. The first-order chi connectivity index (χ1) is 19.1. The number of carbonyl (C=O) groups is 3. The molecule has 1 heterocycles. The van der Waals surface area contributed by atoms with Crippen LogP contribution in [0.15, 0.2) is 65.6 Å². The van der Waals surface area contributed by atoms with Crippen molar-refractivity contribution in [1.82, 2.24) is 4.90 Å². The number of halogens is 1.